The normalized spacial score (nSPS) is 41.2. The second-order valence-corrected chi connectivity index (χ2v) is 3.04. The minimum absolute atomic E-state index is 0.0308. The molecule has 1 aliphatic rings. The van der Waals surface area contributed by atoms with Crippen LogP contribution in [0.25, 0.3) is 0 Å². The van der Waals surface area contributed by atoms with Crippen molar-refractivity contribution in [1.82, 2.24) is 0 Å². The number of allylic oxidation sites excluding steroid dienone is 1. The first-order valence-electron chi connectivity index (χ1n) is 3.80. The number of aliphatic hydroxyl groups excluding tert-OH is 1. The molecule has 0 aromatic rings. The van der Waals surface area contributed by atoms with E-state index in [4.69, 9.17) is 5.73 Å². The highest BCUT2D eigenvalue weighted by Gasteiger charge is 2.24. The van der Waals surface area contributed by atoms with Crippen LogP contribution in [0, 0.1) is 5.92 Å². The van der Waals surface area contributed by atoms with Gasteiger partial charge in [0.2, 0.25) is 0 Å². The molecule has 0 aromatic carbocycles. The minimum atomic E-state index is -0.281. The number of aliphatic hydroxyl groups is 1. The molecule has 0 bridgehead atoms. The summed E-state index contributed by atoms with van der Waals surface area (Å²) in [4.78, 5) is 0. The van der Waals surface area contributed by atoms with Gasteiger partial charge in [0.1, 0.15) is 0 Å². The van der Waals surface area contributed by atoms with E-state index < -0.39 is 0 Å². The highest BCUT2D eigenvalue weighted by molar-refractivity contribution is 4.89. The number of hydrogen-bond acceptors (Lipinski definition) is 2. The predicted octanol–water partition coefficient (Wildman–Crippen LogP) is 0.661. The van der Waals surface area contributed by atoms with Crippen LogP contribution in [0.3, 0.4) is 0 Å². The molecule has 58 valence electrons. The van der Waals surface area contributed by atoms with E-state index in [0.717, 1.165) is 19.3 Å². The van der Waals surface area contributed by atoms with E-state index in [9.17, 15) is 5.11 Å². The molecule has 3 unspecified atom stereocenters. The monoisotopic (exact) mass is 141 g/mol. The van der Waals surface area contributed by atoms with Crippen molar-refractivity contribution in [3.8, 4) is 0 Å². The average molecular weight is 141 g/mol. The Bertz CT molecular complexity index is 124. The molecule has 10 heavy (non-hydrogen) atoms. The summed E-state index contributed by atoms with van der Waals surface area (Å²) < 4.78 is 0. The standard InChI is InChI=1S/C8H15NO/c1-2-6-3-4-8(10)7(9)5-6/h2,6-8,10H,1,3-5,9H2. The molecule has 0 radical (unpaired) electrons. The minimum Gasteiger partial charge on any atom is -0.392 e. The third-order valence-electron chi connectivity index (χ3n) is 2.24. The van der Waals surface area contributed by atoms with Crippen molar-refractivity contribution in [2.75, 3.05) is 0 Å². The SMILES string of the molecule is C=CC1CCC(O)C(N)C1. The van der Waals surface area contributed by atoms with Gasteiger partial charge >= 0.3 is 0 Å². The van der Waals surface area contributed by atoms with Crippen molar-refractivity contribution >= 4 is 0 Å². The van der Waals surface area contributed by atoms with Gasteiger partial charge in [-0.2, -0.15) is 0 Å². The Labute approximate surface area is 61.7 Å². The van der Waals surface area contributed by atoms with Crippen LogP contribution in [0.1, 0.15) is 19.3 Å². The van der Waals surface area contributed by atoms with E-state index in [0.29, 0.717) is 5.92 Å². The summed E-state index contributed by atoms with van der Waals surface area (Å²) in [5.74, 6) is 0.526. The first-order valence-corrected chi connectivity index (χ1v) is 3.80. The lowest BCUT2D eigenvalue weighted by atomic mass is 9.84. The fraction of sp³-hybridized carbons (Fsp3) is 0.750. The van der Waals surface area contributed by atoms with Gasteiger partial charge in [-0.15, -0.1) is 6.58 Å². The molecule has 1 fully saturated rings. The van der Waals surface area contributed by atoms with Gasteiger partial charge in [-0.05, 0) is 25.2 Å². The summed E-state index contributed by atoms with van der Waals surface area (Å²) in [5.41, 5.74) is 5.65. The van der Waals surface area contributed by atoms with E-state index in [2.05, 4.69) is 6.58 Å². The molecular formula is C8H15NO. The molecule has 3 atom stereocenters. The Morgan fingerprint density at radius 2 is 2.20 bits per heavy atom. The van der Waals surface area contributed by atoms with Crippen molar-refractivity contribution in [3.63, 3.8) is 0 Å². The molecule has 0 spiro atoms. The molecule has 3 N–H and O–H groups in total. The smallest absolute Gasteiger partial charge is 0.0691 e. The van der Waals surface area contributed by atoms with Crippen LogP contribution in [0.4, 0.5) is 0 Å². The van der Waals surface area contributed by atoms with Crippen LogP contribution in [-0.2, 0) is 0 Å². The Morgan fingerprint density at radius 1 is 1.50 bits per heavy atom. The van der Waals surface area contributed by atoms with E-state index in [1.165, 1.54) is 0 Å². The molecule has 0 aliphatic heterocycles. The lowest BCUT2D eigenvalue weighted by Gasteiger charge is -2.28. The lowest BCUT2D eigenvalue weighted by molar-refractivity contribution is 0.0958. The van der Waals surface area contributed by atoms with Crippen LogP contribution in [0.15, 0.2) is 12.7 Å². The van der Waals surface area contributed by atoms with E-state index in [-0.39, 0.29) is 12.1 Å². The van der Waals surface area contributed by atoms with Crippen LogP contribution in [0.2, 0.25) is 0 Å². The summed E-state index contributed by atoms with van der Waals surface area (Å²) >= 11 is 0. The Balaban J connectivity index is 2.40. The van der Waals surface area contributed by atoms with Crippen LogP contribution in [0.5, 0.6) is 0 Å². The molecule has 0 amide bonds. The first kappa shape index (κ1) is 7.76. The third-order valence-corrected chi connectivity index (χ3v) is 2.24. The van der Waals surface area contributed by atoms with Gasteiger partial charge in [-0.25, -0.2) is 0 Å². The summed E-state index contributed by atoms with van der Waals surface area (Å²) in [6.45, 7) is 3.71. The summed E-state index contributed by atoms with van der Waals surface area (Å²) in [7, 11) is 0. The molecule has 0 heterocycles. The zero-order valence-electron chi connectivity index (χ0n) is 6.16. The van der Waals surface area contributed by atoms with Crippen LogP contribution < -0.4 is 5.73 Å². The molecular weight excluding hydrogens is 126 g/mol. The van der Waals surface area contributed by atoms with Gasteiger partial charge < -0.3 is 10.8 Å². The lowest BCUT2D eigenvalue weighted by Crippen LogP contribution is -2.39. The fourth-order valence-electron chi connectivity index (χ4n) is 1.44. The number of nitrogens with two attached hydrogens (primary N) is 1. The number of rotatable bonds is 1. The van der Waals surface area contributed by atoms with Gasteiger partial charge in [0.05, 0.1) is 6.10 Å². The fourth-order valence-corrected chi connectivity index (χ4v) is 1.44. The predicted molar refractivity (Wildman–Crippen MR) is 41.5 cm³/mol. The largest absolute Gasteiger partial charge is 0.392 e. The van der Waals surface area contributed by atoms with Crippen molar-refractivity contribution in [2.24, 2.45) is 11.7 Å². The second kappa shape index (κ2) is 3.17. The first-order chi connectivity index (χ1) is 4.74. The molecule has 1 saturated carbocycles. The molecule has 1 rings (SSSR count). The molecule has 1 aliphatic carbocycles. The van der Waals surface area contributed by atoms with Gasteiger partial charge in [-0.3, -0.25) is 0 Å². The molecule has 0 aromatic heterocycles. The zero-order valence-corrected chi connectivity index (χ0v) is 6.16. The van der Waals surface area contributed by atoms with Gasteiger partial charge in [0.15, 0.2) is 0 Å². The van der Waals surface area contributed by atoms with Gasteiger partial charge in [-0.1, -0.05) is 6.08 Å². The molecule has 2 nitrogen and oxygen atoms in total. The molecule has 0 saturated heterocycles. The van der Waals surface area contributed by atoms with E-state index in [1.807, 2.05) is 6.08 Å². The van der Waals surface area contributed by atoms with Gasteiger partial charge in [0, 0.05) is 6.04 Å². The van der Waals surface area contributed by atoms with Crippen molar-refractivity contribution in [1.29, 1.82) is 0 Å². The average Bonchev–Trinajstić information content (AvgIpc) is 1.95. The van der Waals surface area contributed by atoms with E-state index >= 15 is 0 Å². The van der Waals surface area contributed by atoms with Gasteiger partial charge in [0.25, 0.3) is 0 Å². The van der Waals surface area contributed by atoms with E-state index in [1.54, 1.807) is 0 Å². The summed E-state index contributed by atoms with van der Waals surface area (Å²) in [6, 6.07) is -0.0308. The summed E-state index contributed by atoms with van der Waals surface area (Å²) in [5, 5.41) is 9.23. The topological polar surface area (TPSA) is 46.2 Å². The Hall–Kier alpha value is -0.340. The maximum atomic E-state index is 9.23. The quantitative estimate of drug-likeness (QED) is 0.527. The third kappa shape index (κ3) is 1.58. The summed E-state index contributed by atoms with van der Waals surface area (Å²) in [6.07, 6.45) is 4.42. The van der Waals surface area contributed by atoms with Crippen LogP contribution >= 0.6 is 0 Å². The zero-order chi connectivity index (χ0) is 7.56. The Morgan fingerprint density at radius 3 is 2.70 bits per heavy atom. The van der Waals surface area contributed by atoms with Crippen LogP contribution in [-0.4, -0.2) is 17.3 Å². The Kier molecular flexibility index (Phi) is 2.46. The highest BCUT2D eigenvalue weighted by atomic mass is 16.3. The highest BCUT2D eigenvalue weighted by Crippen LogP contribution is 2.23. The second-order valence-electron chi connectivity index (χ2n) is 3.04. The molecule has 2 heteroatoms. The van der Waals surface area contributed by atoms with Crippen molar-refractivity contribution < 1.29 is 5.11 Å². The maximum Gasteiger partial charge on any atom is 0.0691 e. The number of hydrogen-bond donors (Lipinski definition) is 2. The maximum absolute atomic E-state index is 9.23. The van der Waals surface area contributed by atoms with Crippen molar-refractivity contribution in [3.05, 3.63) is 12.7 Å². The van der Waals surface area contributed by atoms with Crippen molar-refractivity contribution in [2.45, 2.75) is 31.4 Å².